The molecule has 1 fully saturated rings. The van der Waals surface area contributed by atoms with Gasteiger partial charge in [0.2, 0.25) is 5.91 Å². The fourth-order valence-corrected chi connectivity index (χ4v) is 0.490. The number of carbonyl (C=O) groups is 1. The minimum atomic E-state index is -0.182. The molecule has 1 rings (SSSR count). The number of amides is 1. The lowest BCUT2D eigenvalue weighted by molar-refractivity contribution is -0.123. The molecule has 0 saturated carbocycles. The summed E-state index contributed by atoms with van der Waals surface area (Å²) in [5.74, 6) is -0.0706. The zero-order valence-electron chi connectivity index (χ0n) is 4.68. The Morgan fingerprint density at radius 1 is 1.62 bits per heavy atom. The molecule has 6 N–H and O–H groups in total. The zero-order chi connectivity index (χ0) is 5.28. The molecule has 0 aliphatic carbocycles. The molecule has 0 aromatic heterocycles. The molecule has 0 bridgehead atoms. The fraction of sp³-hybridized carbons (Fsp3) is 0.750. The van der Waals surface area contributed by atoms with Crippen molar-refractivity contribution < 1.29 is 4.79 Å². The summed E-state index contributed by atoms with van der Waals surface area (Å²) in [6.45, 7) is 1.55. The molecule has 1 aliphatic heterocycles. The number of nitrogens with two attached hydrogens (primary N) is 1. The Balaban J connectivity index is 0.000000490. The topological polar surface area (TPSA) is 90.1 Å². The van der Waals surface area contributed by atoms with E-state index in [9.17, 15) is 4.79 Å². The van der Waals surface area contributed by atoms with Gasteiger partial charge in [-0.3, -0.25) is 4.79 Å². The number of nitrogens with one attached hydrogen (secondary N) is 1. The number of hydrogen-bond donors (Lipinski definition) is 3. The number of carbonyl (C=O) groups excluding carboxylic acids is 1. The van der Waals surface area contributed by atoms with Gasteiger partial charge in [0.15, 0.2) is 0 Å². The van der Waals surface area contributed by atoms with E-state index in [1.807, 2.05) is 0 Å². The van der Waals surface area contributed by atoms with Gasteiger partial charge in [-0.2, -0.15) is 0 Å². The van der Waals surface area contributed by atoms with Crippen LogP contribution in [0.3, 0.4) is 0 Å². The Bertz CT molecular complexity index is 89.3. The second-order valence-electron chi connectivity index (χ2n) is 1.76. The van der Waals surface area contributed by atoms with Gasteiger partial charge < -0.3 is 17.2 Å². The summed E-state index contributed by atoms with van der Waals surface area (Å²) in [6, 6.07) is 0. The predicted molar refractivity (Wildman–Crippen MR) is 30.6 cm³/mol. The van der Waals surface area contributed by atoms with Gasteiger partial charge in [-0.05, 0) is 0 Å². The first kappa shape index (κ1) is 7.39. The molecular weight excluding hydrogens is 106 g/mol. The SMILES string of the molecule is N.NC(=O)C1CNC1. The van der Waals surface area contributed by atoms with Gasteiger partial charge in [0.1, 0.15) is 0 Å². The minimum Gasteiger partial charge on any atom is -0.369 e. The van der Waals surface area contributed by atoms with Crippen LogP contribution in [0, 0.1) is 5.92 Å². The van der Waals surface area contributed by atoms with Crippen LogP contribution < -0.4 is 17.2 Å². The molecule has 1 aliphatic rings. The Hall–Kier alpha value is -0.610. The number of primary amides is 1. The van der Waals surface area contributed by atoms with Gasteiger partial charge in [0.25, 0.3) is 0 Å². The molecule has 0 aromatic rings. The molecule has 8 heavy (non-hydrogen) atoms. The van der Waals surface area contributed by atoms with Gasteiger partial charge in [-0.1, -0.05) is 0 Å². The summed E-state index contributed by atoms with van der Waals surface area (Å²) in [6.07, 6.45) is 0. The first-order chi connectivity index (χ1) is 3.30. The van der Waals surface area contributed by atoms with Crippen LogP contribution in [-0.4, -0.2) is 19.0 Å². The first-order valence-electron chi connectivity index (χ1n) is 2.31. The number of hydrogen-bond acceptors (Lipinski definition) is 3. The van der Waals surface area contributed by atoms with Crippen molar-refractivity contribution in [2.24, 2.45) is 11.7 Å². The van der Waals surface area contributed by atoms with Crippen LogP contribution in [0.4, 0.5) is 0 Å². The maximum absolute atomic E-state index is 10.2. The van der Waals surface area contributed by atoms with Crippen LogP contribution in [-0.2, 0) is 4.79 Å². The van der Waals surface area contributed by atoms with Gasteiger partial charge in [-0.25, -0.2) is 0 Å². The third-order valence-corrected chi connectivity index (χ3v) is 1.18. The smallest absolute Gasteiger partial charge is 0.223 e. The summed E-state index contributed by atoms with van der Waals surface area (Å²) in [5, 5.41) is 2.94. The highest BCUT2D eigenvalue weighted by Gasteiger charge is 2.21. The van der Waals surface area contributed by atoms with E-state index in [1.165, 1.54) is 0 Å². The third kappa shape index (κ3) is 1.18. The first-order valence-corrected chi connectivity index (χ1v) is 2.31. The summed E-state index contributed by atoms with van der Waals surface area (Å²) < 4.78 is 0. The van der Waals surface area contributed by atoms with E-state index in [-0.39, 0.29) is 18.0 Å². The van der Waals surface area contributed by atoms with Crippen molar-refractivity contribution in [3.63, 3.8) is 0 Å². The molecule has 0 radical (unpaired) electrons. The molecule has 0 atom stereocenters. The van der Waals surface area contributed by atoms with Crippen molar-refractivity contribution in [2.75, 3.05) is 13.1 Å². The van der Waals surface area contributed by atoms with Crippen LogP contribution in [0.1, 0.15) is 0 Å². The molecule has 1 heterocycles. The van der Waals surface area contributed by atoms with E-state index in [0.29, 0.717) is 0 Å². The van der Waals surface area contributed by atoms with Crippen LogP contribution in [0.15, 0.2) is 0 Å². The van der Waals surface area contributed by atoms with E-state index in [2.05, 4.69) is 5.32 Å². The lowest BCUT2D eigenvalue weighted by Crippen LogP contribution is -2.49. The summed E-state index contributed by atoms with van der Waals surface area (Å²) in [5.41, 5.74) is 4.92. The molecule has 48 valence electrons. The molecular formula is C4H11N3O. The normalized spacial score (nSPS) is 18.5. The second-order valence-corrected chi connectivity index (χ2v) is 1.76. The number of rotatable bonds is 1. The average molecular weight is 117 g/mol. The molecule has 0 unspecified atom stereocenters. The lowest BCUT2D eigenvalue weighted by atomic mass is 10.0. The quantitative estimate of drug-likeness (QED) is 0.405. The van der Waals surface area contributed by atoms with E-state index >= 15 is 0 Å². The van der Waals surface area contributed by atoms with E-state index in [1.54, 1.807) is 0 Å². The molecule has 4 nitrogen and oxygen atoms in total. The zero-order valence-corrected chi connectivity index (χ0v) is 4.68. The maximum Gasteiger partial charge on any atom is 0.223 e. The highest BCUT2D eigenvalue weighted by atomic mass is 16.1. The van der Waals surface area contributed by atoms with Gasteiger partial charge in [-0.15, -0.1) is 0 Å². The molecule has 0 spiro atoms. The highest BCUT2D eigenvalue weighted by molar-refractivity contribution is 5.77. The summed E-state index contributed by atoms with van der Waals surface area (Å²) >= 11 is 0. The van der Waals surface area contributed by atoms with Crippen molar-refractivity contribution in [3.8, 4) is 0 Å². The van der Waals surface area contributed by atoms with Gasteiger partial charge >= 0.3 is 0 Å². The molecule has 4 heteroatoms. The van der Waals surface area contributed by atoms with Crippen LogP contribution in [0.2, 0.25) is 0 Å². The van der Waals surface area contributed by atoms with Gasteiger partial charge in [0, 0.05) is 13.1 Å². The average Bonchev–Trinajstić information content (AvgIpc) is 1.23. The van der Waals surface area contributed by atoms with E-state index < -0.39 is 0 Å². The Kier molecular flexibility index (Phi) is 2.44. The van der Waals surface area contributed by atoms with Crippen LogP contribution in [0.5, 0.6) is 0 Å². The second kappa shape index (κ2) is 2.64. The van der Waals surface area contributed by atoms with E-state index in [4.69, 9.17) is 5.73 Å². The van der Waals surface area contributed by atoms with Gasteiger partial charge in [0.05, 0.1) is 5.92 Å². The van der Waals surface area contributed by atoms with Crippen molar-refractivity contribution in [2.45, 2.75) is 0 Å². The summed E-state index contributed by atoms with van der Waals surface area (Å²) in [4.78, 5) is 10.2. The van der Waals surface area contributed by atoms with Crippen molar-refractivity contribution in [3.05, 3.63) is 0 Å². The Morgan fingerprint density at radius 3 is 2.12 bits per heavy atom. The molecule has 1 amide bonds. The maximum atomic E-state index is 10.2. The van der Waals surface area contributed by atoms with Crippen molar-refractivity contribution in [1.82, 2.24) is 11.5 Å². The highest BCUT2D eigenvalue weighted by Crippen LogP contribution is 1.98. The molecule has 0 aromatic carbocycles. The largest absolute Gasteiger partial charge is 0.369 e. The lowest BCUT2D eigenvalue weighted by Gasteiger charge is -2.22. The third-order valence-electron chi connectivity index (χ3n) is 1.18. The monoisotopic (exact) mass is 117 g/mol. The van der Waals surface area contributed by atoms with Crippen LogP contribution in [0.25, 0.3) is 0 Å². The standard InChI is InChI=1S/C4H8N2O.H3N/c5-4(7)3-1-6-2-3;/h3,6H,1-2H2,(H2,5,7);1H3. The van der Waals surface area contributed by atoms with Crippen molar-refractivity contribution >= 4 is 5.91 Å². The fourth-order valence-electron chi connectivity index (χ4n) is 0.490. The predicted octanol–water partition coefficient (Wildman–Crippen LogP) is -1.15. The Morgan fingerprint density at radius 2 is 2.12 bits per heavy atom. The van der Waals surface area contributed by atoms with Crippen molar-refractivity contribution in [1.29, 1.82) is 0 Å². The summed E-state index contributed by atoms with van der Waals surface area (Å²) in [7, 11) is 0. The minimum absolute atomic E-state index is 0. The molecule has 1 saturated heterocycles. The Labute approximate surface area is 48.0 Å². The van der Waals surface area contributed by atoms with E-state index in [0.717, 1.165) is 13.1 Å². The van der Waals surface area contributed by atoms with Crippen LogP contribution >= 0.6 is 0 Å².